The van der Waals surface area contributed by atoms with Crippen LogP contribution < -0.4 is 16.4 Å². The van der Waals surface area contributed by atoms with Crippen molar-refractivity contribution in [1.82, 2.24) is 19.5 Å². The Morgan fingerprint density at radius 2 is 1.96 bits per heavy atom. The number of nitrogens with zero attached hydrogens (tertiary/aromatic N) is 4. The summed E-state index contributed by atoms with van der Waals surface area (Å²) in [5.74, 6) is 1.30. The van der Waals surface area contributed by atoms with Crippen molar-refractivity contribution in [1.29, 1.82) is 0 Å². The molecule has 7 nitrogen and oxygen atoms in total. The van der Waals surface area contributed by atoms with Gasteiger partial charge in [-0.2, -0.15) is 0 Å². The second kappa shape index (κ2) is 8.14. The molecule has 0 spiro atoms. The van der Waals surface area contributed by atoms with Gasteiger partial charge in [-0.1, -0.05) is 30.3 Å². The normalized spacial score (nSPS) is 11.9. The Bertz CT molecular complexity index is 771. The number of benzene rings is 1. The molecule has 0 aliphatic rings. The van der Waals surface area contributed by atoms with E-state index < -0.39 is 0 Å². The average molecular weight is 337 g/mol. The van der Waals surface area contributed by atoms with Crippen molar-refractivity contribution >= 4 is 17.3 Å². The molecule has 0 radical (unpaired) electrons. The number of hydrogen-bond acceptors (Lipinski definition) is 6. The summed E-state index contributed by atoms with van der Waals surface area (Å²) in [5.41, 5.74) is 7.93. The molecule has 0 aliphatic heterocycles. The number of aromatic nitrogens is 4. The minimum absolute atomic E-state index is 0.104. The number of imidazole rings is 1. The highest BCUT2D eigenvalue weighted by Crippen LogP contribution is 2.26. The molecule has 1 atom stereocenters. The van der Waals surface area contributed by atoms with E-state index in [1.54, 1.807) is 6.20 Å². The Morgan fingerprint density at radius 1 is 1.16 bits per heavy atom. The van der Waals surface area contributed by atoms with Gasteiger partial charge >= 0.3 is 0 Å². The minimum atomic E-state index is 0.104. The third kappa shape index (κ3) is 4.47. The van der Waals surface area contributed by atoms with Crippen LogP contribution in [0.4, 0.5) is 17.3 Å². The van der Waals surface area contributed by atoms with Crippen LogP contribution in [0.25, 0.3) is 0 Å². The molecule has 1 unspecified atom stereocenters. The van der Waals surface area contributed by atoms with Crippen molar-refractivity contribution in [3.8, 4) is 0 Å². The van der Waals surface area contributed by atoms with Crippen molar-refractivity contribution in [3.63, 3.8) is 0 Å². The third-order valence-corrected chi connectivity index (χ3v) is 3.98. The zero-order valence-electron chi connectivity index (χ0n) is 14.3. The van der Waals surface area contributed by atoms with Crippen LogP contribution in [0.2, 0.25) is 0 Å². The van der Waals surface area contributed by atoms with Crippen molar-refractivity contribution in [3.05, 3.63) is 60.9 Å². The van der Waals surface area contributed by atoms with E-state index in [2.05, 4.69) is 44.6 Å². The molecule has 0 amide bonds. The van der Waals surface area contributed by atoms with Gasteiger partial charge in [0.1, 0.15) is 12.0 Å². The largest absolute Gasteiger partial charge is 0.393 e. The molecule has 0 saturated carbocycles. The number of nitrogen functional groups attached to an aromatic ring is 1. The molecule has 0 bridgehead atoms. The van der Waals surface area contributed by atoms with E-state index in [9.17, 15) is 0 Å². The zero-order valence-corrected chi connectivity index (χ0v) is 14.3. The monoisotopic (exact) mass is 337 g/mol. The smallest absolute Gasteiger partial charge is 0.155 e. The fraction of sp³-hybridized carbons (Fsp3) is 0.278. The first-order valence-electron chi connectivity index (χ1n) is 8.35. The number of anilines is 3. The van der Waals surface area contributed by atoms with Gasteiger partial charge in [0.05, 0.1) is 12.4 Å². The molecule has 0 aliphatic carbocycles. The van der Waals surface area contributed by atoms with Crippen molar-refractivity contribution in [2.24, 2.45) is 0 Å². The highest BCUT2D eigenvalue weighted by Gasteiger charge is 2.11. The molecular formula is C18H23N7. The standard InChI is InChI=1S/C18H23N7/c1-14(15-6-3-2-4-7-15)24-18-16(19)17(22-12-23-18)21-8-5-10-25-11-9-20-13-25/h2-4,6-7,9,11-14H,5,8,10,19H2,1H3,(H2,21,22,23,24). The zero-order chi connectivity index (χ0) is 17.5. The lowest BCUT2D eigenvalue weighted by Gasteiger charge is -2.17. The summed E-state index contributed by atoms with van der Waals surface area (Å²) >= 11 is 0. The Hall–Kier alpha value is -3.09. The van der Waals surface area contributed by atoms with Crippen molar-refractivity contribution < 1.29 is 0 Å². The Kier molecular flexibility index (Phi) is 5.46. The van der Waals surface area contributed by atoms with Gasteiger partial charge in [-0.3, -0.25) is 0 Å². The SMILES string of the molecule is CC(Nc1ncnc(NCCCn2ccnc2)c1N)c1ccccc1. The lowest BCUT2D eigenvalue weighted by Crippen LogP contribution is -2.13. The van der Waals surface area contributed by atoms with E-state index in [-0.39, 0.29) is 6.04 Å². The summed E-state index contributed by atoms with van der Waals surface area (Å²) in [5, 5.41) is 6.63. The molecule has 3 rings (SSSR count). The highest BCUT2D eigenvalue weighted by atomic mass is 15.1. The number of nitrogens with one attached hydrogen (secondary N) is 2. The predicted octanol–water partition coefficient (Wildman–Crippen LogP) is 2.93. The molecule has 0 saturated heterocycles. The van der Waals surface area contributed by atoms with Crippen molar-refractivity contribution in [2.75, 3.05) is 22.9 Å². The van der Waals surface area contributed by atoms with Gasteiger partial charge in [-0.15, -0.1) is 0 Å². The predicted molar refractivity (Wildman–Crippen MR) is 100 cm³/mol. The van der Waals surface area contributed by atoms with E-state index in [1.807, 2.05) is 35.3 Å². The number of nitrogens with two attached hydrogens (primary N) is 1. The van der Waals surface area contributed by atoms with Crippen LogP contribution in [0.3, 0.4) is 0 Å². The third-order valence-electron chi connectivity index (χ3n) is 3.98. The Labute approximate surface area is 147 Å². The molecule has 1 aromatic carbocycles. The Morgan fingerprint density at radius 3 is 2.72 bits per heavy atom. The number of rotatable bonds is 8. The first kappa shape index (κ1) is 16.8. The minimum Gasteiger partial charge on any atom is -0.393 e. The number of aryl methyl sites for hydroxylation is 1. The second-order valence-electron chi connectivity index (χ2n) is 5.84. The van der Waals surface area contributed by atoms with E-state index in [4.69, 9.17) is 5.73 Å². The summed E-state index contributed by atoms with van der Waals surface area (Å²) in [6, 6.07) is 10.3. The maximum Gasteiger partial charge on any atom is 0.155 e. The summed E-state index contributed by atoms with van der Waals surface area (Å²) < 4.78 is 2.04. The molecular weight excluding hydrogens is 314 g/mol. The summed E-state index contributed by atoms with van der Waals surface area (Å²) in [7, 11) is 0. The lowest BCUT2D eigenvalue weighted by atomic mass is 10.1. The van der Waals surface area contributed by atoms with Crippen LogP contribution in [0.5, 0.6) is 0 Å². The quantitative estimate of drug-likeness (QED) is 0.547. The fourth-order valence-corrected chi connectivity index (χ4v) is 2.57. The first-order chi connectivity index (χ1) is 12.2. The van der Waals surface area contributed by atoms with Crippen LogP contribution in [-0.4, -0.2) is 26.1 Å². The number of hydrogen-bond donors (Lipinski definition) is 3. The molecule has 7 heteroatoms. The molecule has 2 aromatic heterocycles. The van der Waals surface area contributed by atoms with E-state index in [0.29, 0.717) is 17.3 Å². The van der Waals surface area contributed by atoms with Gasteiger partial charge in [-0.25, -0.2) is 15.0 Å². The highest BCUT2D eigenvalue weighted by molar-refractivity contribution is 5.74. The van der Waals surface area contributed by atoms with Crippen molar-refractivity contribution in [2.45, 2.75) is 25.9 Å². The van der Waals surface area contributed by atoms with Gasteiger partial charge in [0.2, 0.25) is 0 Å². The van der Waals surface area contributed by atoms with Crippen LogP contribution in [0.1, 0.15) is 24.9 Å². The average Bonchev–Trinajstić information content (AvgIpc) is 3.16. The fourth-order valence-electron chi connectivity index (χ4n) is 2.57. The van der Waals surface area contributed by atoms with Gasteiger partial charge in [0, 0.05) is 25.5 Å². The second-order valence-corrected chi connectivity index (χ2v) is 5.84. The van der Waals surface area contributed by atoms with Gasteiger partial charge in [0.25, 0.3) is 0 Å². The first-order valence-corrected chi connectivity index (χ1v) is 8.35. The van der Waals surface area contributed by atoms with Gasteiger partial charge in [-0.05, 0) is 18.9 Å². The van der Waals surface area contributed by atoms with Crippen LogP contribution in [0.15, 0.2) is 55.4 Å². The summed E-state index contributed by atoms with van der Waals surface area (Å²) in [6.07, 6.45) is 8.01. The maximum atomic E-state index is 6.22. The van der Waals surface area contributed by atoms with E-state index in [0.717, 1.165) is 19.5 Å². The maximum absolute atomic E-state index is 6.22. The molecule has 25 heavy (non-hydrogen) atoms. The lowest BCUT2D eigenvalue weighted by molar-refractivity contribution is 0.660. The van der Waals surface area contributed by atoms with Crippen LogP contribution in [-0.2, 0) is 6.54 Å². The molecule has 0 fully saturated rings. The van der Waals surface area contributed by atoms with Crippen LogP contribution in [0, 0.1) is 0 Å². The summed E-state index contributed by atoms with van der Waals surface area (Å²) in [4.78, 5) is 12.6. The topological polar surface area (TPSA) is 93.7 Å². The summed E-state index contributed by atoms with van der Waals surface area (Å²) in [6.45, 7) is 3.75. The van der Waals surface area contributed by atoms with E-state index >= 15 is 0 Å². The molecule has 3 aromatic rings. The molecule has 2 heterocycles. The van der Waals surface area contributed by atoms with Gasteiger partial charge < -0.3 is 20.9 Å². The Balaban J connectivity index is 1.57. The molecule has 4 N–H and O–H groups in total. The van der Waals surface area contributed by atoms with Gasteiger partial charge in [0.15, 0.2) is 11.6 Å². The van der Waals surface area contributed by atoms with E-state index in [1.165, 1.54) is 11.9 Å². The van der Waals surface area contributed by atoms with Crippen LogP contribution >= 0.6 is 0 Å². The molecule has 130 valence electrons.